The minimum Gasteiger partial charge on any atom is -0.497 e. The summed E-state index contributed by atoms with van der Waals surface area (Å²) < 4.78 is 18.5. The third kappa shape index (κ3) is 3.42. The fourth-order valence-electron chi connectivity index (χ4n) is 5.39. The van der Waals surface area contributed by atoms with Gasteiger partial charge in [0.25, 0.3) is 0 Å². The van der Waals surface area contributed by atoms with Crippen LogP contribution in [0.1, 0.15) is 50.6 Å². The predicted octanol–water partition coefficient (Wildman–Crippen LogP) is 3.95. The number of likely N-dealkylation sites (tertiary alicyclic amines) is 1. The van der Waals surface area contributed by atoms with Crippen LogP contribution in [0, 0.1) is 11.3 Å². The number of aromatic amines is 1. The Morgan fingerprint density at radius 1 is 1.28 bits per heavy atom. The molecule has 2 fully saturated rings. The number of nitrogens with zero attached hydrogens (tertiary/aromatic N) is 2. The molecule has 3 aliphatic heterocycles. The quantitative estimate of drug-likeness (QED) is 0.850. The smallest absolute Gasteiger partial charge is 0.126 e. The lowest BCUT2D eigenvalue weighted by Gasteiger charge is -2.54. The second-order valence-electron chi connectivity index (χ2n) is 9.46. The molecule has 1 N–H and O–H groups in total. The van der Waals surface area contributed by atoms with Crippen LogP contribution in [0.15, 0.2) is 30.6 Å². The maximum absolute atomic E-state index is 6.61. The van der Waals surface area contributed by atoms with Crippen molar-refractivity contribution >= 4 is 0 Å². The Hall–Kier alpha value is -2.05. The molecule has 1 aromatic heterocycles. The van der Waals surface area contributed by atoms with E-state index in [1.165, 1.54) is 0 Å². The van der Waals surface area contributed by atoms with Crippen molar-refractivity contribution in [1.82, 2.24) is 14.9 Å². The molecule has 1 aromatic carbocycles. The molecule has 1 spiro atoms. The first-order valence-corrected chi connectivity index (χ1v) is 10.7. The van der Waals surface area contributed by atoms with Gasteiger partial charge in [0.05, 0.1) is 26.4 Å². The van der Waals surface area contributed by atoms with Crippen LogP contribution in [0.5, 0.6) is 11.5 Å². The zero-order valence-electron chi connectivity index (χ0n) is 17.6. The van der Waals surface area contributed by atoms with Crippen LogP contribution in [0.25, 0.3) is 0 Å². The predicted molar refractivity (Wildman–Crippen MR) is 110 cm³/mol. The van der Waals surface area contributed by atoms with Gasteiger partial charge in [0.1, 0.15) is 22.9 Å². The molecule has 0 unspecified atom stereocenters. The Morgan fingerprint density at radius 2 is 2.10 bits per heavy atom. The van der Waals surface area contributed by atoms with E-state index in [1.54, 1.807) is 7.11 Å². The molecule has 29 heavy (non-hydrogen) atoms. The van der Waals surface area contributed by atoms with Crippen LogP contribution >= 0.6 is 0 Å². The minimum atomic E-state index is -0.245. The van der Waals surface area contributed by atoms with Gasteiger partial charge in [-0.05, 0) is 69.8 Å². The molecule has 0 aliphatic carbocycles. The molecule has 4 heterocycles. The number of nitrogens with one attached hydrogen (secondary N) is 1. The van der Waals surface area contributed by atoms with E-state index in [2.05, 4.69) is 34.8 Å². The summed E-state index contributed by atoms with van der Waals surface area (Å²) in [6.45, 7) is 8.34. The van der Waals surface area contributed by atoms with Crippen LogP contribution < -0.4 is 9.47 Å². The summed E-state index contributed by atoms with van der Waals surface area (Å²) in [5.41, 5.74) is 1.14. The summed E-state index contributed by atoms with van der Waals surface area (Å²) >= 11 is 0. The number of H-pyrrole nitrogens is 1. The van der Waals surface area contributed by atoms with Crippen LogP contribution in [0.4, 0.5) is 0 Å². The molecule has 156 valence electrons. The Balaban J connectivity index is 1.32. The maximum atomic E-state index is 6.61. The summed E-state index contributed by atoms with van der Waals surface area (Å²) in [6.07, 6.45) is 7.28. The van der Waals surface area contributed by atoms with Gasteiger partial charge >= 0.3 is 0 Å². The van der Waals surface area contributed by atoms with Crippen LogP contribution in [-0.2, 0) is 11.3 Å². The molecule has 3 aliphatic rings. The second-order valence-corrected chi connectivity index (χ2v) is 9.46. The lowest BCUT2D eigenvalue weighted by molar-refractivity contribution is -0.174. The molecule has 0 bridgehead atoms. The zero-order chi connectivity index (χ0) is 20.1. The zero-order valence-corrected chi connectivity index (χ0v) is 17.6. The van der Waals surface area contributed by atoms with Gasteiger partial charge in [0.2, 0.25) is 0 Å². The molecule has 6 heteroatoms. The van der Waals surface area contributed by atoms with Crippen molar-refractivity contribution in [2.75, 3.05) is 26.8 Å². The Kier molecular flexibility index (Phi) is 4.59. The van der Waals surface area contributed by atoms with Crippen molar-refractivity contribution in [2.45, 2.75) is 51.4 Å². The van der Waals surface area contributed by atoms with Gasteiger partial charge < -0.3 is 19.2 Å². The number of ether oxygens (including phenoxy) is 3. The van der Waals surface area contributed by atoms with Crippen molar-refractivity contribution < 1.29 is 14.2 Å². The van der Waals surface area contributed by atoms with Crippen molar-refractivity contribution in [1.29, 1.82) is 0 Å². The van der Waals surface area contributed by atoms with Gasteiger partial charge in [0, 0.05) is 23.9 Å². The molecule has 2 atom stereocenters. The van der Waals surface area contributed by atoms with Crippen LogP contribution in [-0.4, -0.2) is 47.3 Å². The first-order valence-electron chi connectivity index (χ1n) is 10.7. The van der Waals surface area contributed by atoms with Crippen molar-refractivity contribution in [2.24, 2.45) is 11.3 Å². The molecular formula is C23H31N3O3. The van der Waals surface area contributed by atoms with Gasteiger partial charge in [-0.25, -0.2) is 4.98 Å². The fourth-order valence-corrected chi connectivity index (χ4v) is 5.39. The second kappa shape index (κ2) is 7.03. The van der Waals surface area contributed by atoms with E-state index in [0.29, 0.717) is 5.92 Å². The summed E-state index contributed by atoms with van der Waals surface area (Å²) in [6, 6.07) is 6.08. The minimum absolute atomic E-state index is 0.0793. The van der Waals surface area contributed by atoms with E-state index in [1.807, 2.05) is 24.5 Å². The number of aromatic nitrogens is 2. The number of fused-ring (bicyclic) bond motifs is 3. The molecule has 0 radical (unpaired) electrons. The molecule has 2 saturated heterocycles. The van der Waals surface area contributed by atoms with Crippen LogP contribution in [0.3, 0.4) is 0 Å². The van der Waals surface area contributed by atoms with Gasteiger partial charge in [-0.3, -0.25) is 4.90 Å². The molecular weight excluding hydrogens is 366 g/mol. The van der Waals surface area contributed by atoms with E-state index in [-0.39, 0.29) is 17.1 Å². The van der Waals surface area contributed by atoms with E-state index in [4.69, 9.17) is 14.2 Å². The number of hydrogen-bond donors (Lipinski definition) is 1. The van der Waals surface area contributed by atoms with Crippen LogP contribution in [0.2, 0.25) is 0 Å². The summed E-state index contributed by atoms with van der Waals surface area (Å²) in [5, 5.41) is 0. The Morgan fingerprint density at radius 3 is 2.83 bits per heavy atom. The number of benzene rings is 1. The van der Waals surface area contributed by atoms with Gasteiger partial charge in [-0.15, -0.1) is 0 Å². The van der Waals surface area contributed by atoms with Crippen molar-refractivity contribution in [3.8, 4) is 11.5 Å². The Bertz CT molecular complexity index is 856. The molecule has 6 nitrogen and oxygen atoms in total. The summed E-state index contributed by atoms with van der Waals surface area (Å²) in [7, 11) is 1.71. The average molecular weight is 398 g/mol. The molecule has 0 amide bonds. The molecule has 0 saturated carbocycles. The number of methoxy groups -OCH3 is 1. The highest BCUT2D eigenvalue weighted by Gasteiger charge is 2.52. The lowest BCUT2D eigenvalue weighted by atomic mass is 9.64. The Labute approximate surface area is 172 Å². The first-order chi connectivity index (χ1) is 14.0. The van der Waals surface area contributed by atoms with E-state index >= 15 is 0 Å². The average Bonchev–Trinajstić information content (AvgIpc) is 3.23. The van der Waals surface area contributed by atoms with Crippen molar-refractivity contribution in [3.63, 3.8) is 0 Å². The van der Waals surface area contributed by atoms with Gasteiger partial charge in [-0.2, -0.15) is 0 Å². The third-order valence-corrected chi connectivity index (χ3v) is 7.22. The number of hydrogen-bond acceptors (Lipinski definition) is 5. The van der Waals surface area contributed by atoms with E-state index in [0.717, 1.165) is 68.4 Å². The maximum Gasteiger partial charge on any atom is 0.126 e. The van der Waals surface area contributed by atoms with Gasteiger partial charge in [0.15, 0.2) is 0 Å². The summed E-state index contributed by atoms with van der Waals surface area (Å²) in [5.74, 6) is 3.18. The number of imidazole rings is 1. The monoisotopic (exact) mass is 397 g/mol. The van der Waals surface area contributed by atoms with Crippen molar-refractivity contribution in [3.05, 3.63) is 42.0 Å². The van der Waals surface area contributed by atoms with E-state index < -0.39 is 0 Å². The third-order valence-electron chi connectivity index (χ3n) is 7.22. The SMILES string of the molecule is COc1ccc2c(c1)[C@H]1OCC3(CCN(Cc4ncc[nH]4)CC3)C[C@@H]1C(C)(C)O2. The lowest BCUT2D eigenvalue weighted by Crippen LogP contribution is -2.54. The van der Waals surface area contributed by atoms with E-state index in [9.17, 15) is 0 Å². The molecule has 5 rings (SSSR count). The first kappa shape index (κ1) is 18.9. The molecule has 2 aromatic rings. The summed E-state index contributed by atoms with van der Waals surface area (Å²) in [4.78, 5) is 10.1. The van der Waals surface area contributed by atoms with Gasteiger partial charge in [-0.1, -0.05) is 0 Å². The largest absolute Gasteiger partial charge is 0.497 e. The normalized spacial score (nSPS) is 27.7. The topological polar surface area (TPSA) is 59.6 Å². The standard InChI is InChI=1S/C23H31N3O3/c1-22(2)18-13-23(6-10-26(11-7-23)14-20-24-8-9-25-20)15-28-21(18)17-12-16(27-3)4-5-19(17)29-22/h4-5,8-9,12,18,21H,6-7,10-11,13-15H2,1-3H3,(H,24,25)/t18-,21+/m0/s1. The highest BCUT2D eigenvalue weighted by molar-refractivity contribution is 5.44. The number of rotatable bonds is 3. The highest BCUT2D eigenvalue weighted by Crippen LogP contribution is 2.55. The fraction of sp³-hybridized carbons (Fsp3) is 0.609. The number of piperidine rings is 1. The highest BCUT2D eigenvalue weighted by atomic mass is 16.5.